The molecule has 0 radical (unpaired) electrons. The van der Waals surface area contributed by atoms with Crippen molar-refractivity contribution in [3.8, 4) is 0 Å². The van der Waals surface area contributed by atoms with Gasteiger partial charge in [-0.2, -0.15) is 0 Å². The number of likely N-dealkylation sites (N-methyl/N-ethyl adjacent to an activating group) is 1. The molecular weight excluding hydrogens is 320 g/mol. The fraction of sp³-hybridized carbons (Fsp3) is 0.500. The van der Waals surface area contributed by atoms with E-state index >= 15 is 0 Å². The summed E-state index contributed by atoms with van der Waals surface area (Å²) in [4.78, 5) is 40.9. The van der Waals surface area contributed by atoms with Crippen LogP contribution in [-0.4, -0.2) is 78.7 Å². The van der Waals surface area contributed by atoms with Crippen LogP contribution in [0.1, 0.15) is 12.5 Å². The third-order valence-electron chi connectivity index (χ3n) is 4.23. The molecule has 0 unspecified atom stereocenters. The minimum absolute atomic E-state index is 0.0196. The van der Waals surface area contributed by atoms with Gasteiger partial charge in [0.05, 0.1) is 13.1 Å². The Morgan fingerprint density at radius 3 is 2.12 bits per heavy atom. The minimum Gasteiger partial charge on any atom is -0.339 e. The number of rotatable bonds is 5. The maximum atomic E-state index is 12.3. The normalized spacial score (nSPS) is 14.6. The van der Waals surface area contributed by atoms with Gasteiger partial charge in [0.15, 0.2) is 0 Å². The fourth-order valence-corrected chi connectivity index (χ4v) is 2.74. The van der Waals surface area contributed by atoms with E-state index < -0.39 is 0 Å². The number of nitrogens with zero attached hydrogens (tertiary/aromatic N) is 3. The second kappa shape index (κ2) is 8.62. The molecule has 7 heteroatoms. The smallest absolute Gasteiger partial charge is 0.238 e. The van der Waals surface area contributed by atoms with E-state index in [1.54, 1.807) is 21.7 Å². The molecule has 1 fully saturated rings. The first-order chi connectivity index (χ1) is 11.8. The number of nitrogens with one attached hydrogen (secondary N) is 1. The molecule has 0 spiro atoms. The Kier molecular flexibility index (Phi) is 6.52. The Balaban J connectivity index is 1.74. The van der Waals surface area contributed by atoms with Gasteiger partial charge in [-0.3, -0.25) is 19.3 Å². The average Bonchev–Trinajstić information content (AvgIpc) is 2.56. The predicted molar refractivity (Wildman–Crippen MR) is 96.1 cm³/mol. The average molecular weight is 346 g/mol. The van der Waals surface area contributed by atoms with Crippen molar-refractivity contribution in [1.29, 1.82) is 0 Å². The minimum atomic E-state index is -0.152. The van der Waals surface area contributed by atoms with Gasteiger partial charge in [-0.15, -0.1) is 0 Å². The summed E-state index contributed by atoms with van der Waals surface area (Å²) in [5, 5.41) is 2.82. The molecule has 1 heterocycles. The maximum Gasteiger partial charge on any atom is 0.238 e. The molecule has 2 rings (SSSR count). The van der Waals surface area contributed by atoms with E-state index in [2.05, 4.69) is 5.32 Å². The molecule has 0 saturated carbocycles. The van der Waals surface area contributed by atoms with Crippen LogP contribution in [-0.2, 0) is 14.4 Å². The second-order valence-electron chi connectivity index (χ2n) is 6.47. The first-order valence-electron chi connectivity index (χ1n) is 8.43. The lowest BCUT2D eigenvalue weighted by Crippen LogP contribution is -2.52. The molecular formula is C18H26N4O3. The molecule has 0 atom stereocenters. The number of benzene rings is 1. The lowest BCUT2D eigenvalue weighted by Gasteiger charge is -2.35. The highest BCUT2D eigenvalue weighted by Crippen LogP contribution is 2.08. The van der Waals surface area contributed by atoms with Crippen molar-refractivity contribution < 1.29 is 14.4 Å². The van der Waals surface area contributed by atoms with Crippen molar-refractivity contribution in [3.63, 3.8) is 0 Å². The van der Waals surface area contributed by atoms with Crippen LogP contribution < -0.4 is 5.32 Å². The van der Waals surface area contributed by atoms with Gasteiger partial charge in [0.1, 0.15) is 0 Å². The summed E-state index contributed by atoms with van der Waals surface area (Å²) in [6.45, 7) is 6.08. The van der Waals surface area contributed by atoms with Crippen molar-refractivity contribution in [1.82, 2.24) is 14.7 Å². The van der Waals surface area contributed by atoms with E-state index in [9.17, 15) is 14.4 Å². The molecule has 7 nitrogen and oxygen atoms in total. The molecule has 0 aliphatic carbocycles. The fourth-order valence-electron chi connectivity index (χ4n) is 2.74. The molecule has 0 aromatic heterocycles. The predicted octanol–water partition coefficient (Wildman–Crippen LogP) is 0.556. The largest absolute Gasteiger partial charge is 0.339 e. The van der Waals surface area contributed by atoms with E-state index in [-0.39, 0.29) is 30.8 Å². The molecule has 1 aromatic carbocycles. The van der Waals surface area contributed by atoms with Crippen LogP contribution in [0, 0.1) is 6.92 Å². The number of anilines is 1. The van der Waals surface area contributed by atoms with Crippen LogP contribution in [0.4, 0.5) is 5.69 Å². The molecule has 1 aliphatic heterocycles. The highest BCUT2D eigenvalue weighted by molar-refractivity contribution is 5.92. The van der Waals surface area contributed by atoms with Gasteiger partial charge < -0.3 is 15.1 Å². The van der Waals surface area contributed by atoms with Crippen molar-refractivity contribution in [2.24, 2.45) is 0 Å². The summed E-state index contributed by atoms with van der Waals surface area (Å²) in [6, 6.07) is 7.58. The quantitative estimate of drug-likeness (QED) is 0.845. The van der Waals surface area contributed by atoms with Crippen LogP contribution in [0.2, 0.25) is 0 Å². The summed E-state index contributed by atoms with van der Waals surface area (Å²) < 4.78 is 0. The molecule has 1 saturated heterocycles. The van der Waals surface area contributed by atoms with Crippen LogP contribution >= 0.6 is 0 Å². The van der Waals surface area contributed by atoms with Gasteiger partial charge in [0.25, 0.3) is 0 Å². The number of hydrogen-bond acceptors (Lipinski definition) is 4. The number of carbonyl (C=O) groups excluding carboxylic acids is 3. The molecule has 3 amide bonds. The van der Waals surface area contributed by atoms with Crippen LogP contribution in [0.15, 0.2) is 24.3 Å². The molecule has 25 heavy (non-hydrogen) atoms. The first kappa shape index (κ1) is 18.9. The van der Waals surface area contributed by atoms with E-state index in [0.29, 0.717) is 26.2 Å². The van der Waals surface area contributed by atoms with E-state index in [1.807, 2.05) is 31.2 Å². The third kappa shape index (κ3) is 5.86. The number of aryl methyl sites for hydroxylation is 1. The van der Waals surface area contributed by atoms with Gasteiger partial charge in [-0.25, -0.2) is 0 Å². The van der Waals surface area contributed by atoms with Crippen LogP contribution in [0.25, 0.3) is 0 Å². The van der Waals surface area contributed by atoms with Crippen LogP contribution in [0.5, 0.6) is 0 Å². The molecule has 136 valence electrons. The summed E-state index contributed by atoms with van der Waals surface area (Å²) in [7, 11) is 1.75. The number of carbonyl (C=O) groups is 3. The van der Waals surface area contributed by atoms with Crippen LogP contribution in [0.3, 0.4) is 0 Å². The highest BCUT2D eigenvalue weighted by atomic mass is 16.2. The number of hydrogen-bond donors (Lipinski definition) is 1. The molecule has 1 aromatic rings. The van der Waals surface area contributed by atoms with E-state index in [4.69, 9.17) is 0 Å². The van der Waals surface area contributed by atoms with Crippen molar-refractivity contribution in [2.75, 3.05) is 51.6 Å². The lowest BCUT2D eigenvalue weighted by molar-refractivity contribution is -0.139. The summed E-state index contributed by atoms with van der Waals surface area (Å²) in [5.74, 6) is -0.133. The summed E-state index contributed by atoms with van der Waals surface area (Å²) in [5.41, 5.74) is 1.88. The third-order valence-corrected chi connectivity index (χ3v) is 4.23. The van der Waals surface area contributed by atoms with Crippen molar-refractivity contribution >= 4 is 23.4 Å². The lowest BCUT2D eigenvalue weighted by atomic mass is 10.2. The Hall–Kier alpha value is -2.41. The number of piperazine rings is 1. The first-order valence-corrected chi connectivity index (χ1v) is 8.43. The molecule has 0 bridgehead atoms. The highest BCUT2D eigenvalue weighted by Gasteiger charge is 2.23. The summed E-state index contributed by atoms with van der Waals surface area (Å²) in [6.07, 6.45) is 0. The van der Waals surface area contributed by atoms with E-state index in [0.717, 1.165) is 11.3 Å². The number of amides is 3. The topological polar surface area (TPSA) is 73.0 Å². The van der Waals surface area contributed by atoms with Crippen molar-refractivity contribution in [3.05, 3.63) is 29.8 Å². The zero-order chi connectivity index (χ0) is 18.4. The zero-order valence-corrected chi connectivity index (χ0v) is 15.1. The standard InChI is InChI=1S/C18H26N4O3/c1-14-4-6-16(7-5-14)19-17(24)12-20(3)13-18(25)22-10-8-21(9-11-22)15(2)23/h4-7H,8-13H2,1-3H3,(H,19,24). The Labute approximate surface area is 148 Å². The maximum absolute atomic E-state index is 12.3. The Morgan fingerprint density at radius 1 is 1.00 bits per heavy atom. The Bertz CT molecular complexity index is 622. The van der Waals surface area contributed by atoms with E-state index in [1.165, 1.54) is 6.92 Å². The van der Waals surface area contributed by atoms with Gasteiger partial charge in [0.2, 0.25) is 17.7 Å². The van der Waals surface area contributed by atoms with Crippen molar-refractivity contribution in [2.45, 2.75) is 13.8 Å². The summed E-state index contributed by atoms with van der Waals surface area (Å²) >= 11 is 0. The molecule has 1 aliphatic rings. The Morgan fingerprint density at radius 2 is 1.56 bits per heavy atom. The monoisotopic (exact) mass is 346 g/mol. The second-order valence-corrected chi connectivity index (χ2v) is 6.47. The SMILES string of the molecule is CC(=O)N1CCN(C(=O)CN(C)CC(=O)Nc2ccc(C)cc2)CC1. The zero-order valence-electron chi connectivity index (χ0n) is 15.1. The van der Waals surface area contributed by atoms with Gasteiger partial charge in [-0.05, 0) is 26.1 Å². The van der Waals surface area contributed by atoms with Gasteiger partial charge >= 0.3 is 0 Å². The van der Waals surface area contributed by atoms with Gasteiger partial charge in [0, 0.05) is 38.8 Å². The van der Waals surface area contributed by atoms with Gasteiger partial charge in [-0.1, -0.05) is 17.7 Å². The molecule has 1 N–H and O–H groups in total.